The molecule has 118 heavy (non-hydrogen) atoms. The Labute approximate surface area is 712 Å². The van der Waals surface area contributed by atoms with Gasteiger partial charge >= 0.3 is 0 Å². The molecule has 0 bridgehead atoms. The van der Waals surface area contributed by atoms with Crippen molar-refractivity contribution in [1.29, 1.82) is 0 Å². The number of alkyl halides is 1. The third-order valence-electron chi connectivity index (χ3n) is 23.4. The van der Waals surface area contributed by atoms with Crippen LogP contribution in [0.5, 0.6) is 0 Å². The summed E-state index contributed by atoms with van der Waals surface area (Å²) in [4.78, 5) is 0. The molecular weight excluding hydrogens is 1620 g/mol. The van der Waals surface area contributed by atoms with E-state index in [2.05, 4.69) is 481 Å². The van der Waals surface area contributed by atoms with Crippen molar-refractivity contribution in [2.24, 2.45) is 7.05 Å². The molecule has 3 heterocycles. The van der Waals surface area contributed by atoms with Gasteiger partial charge in [0.25, 0.3) is 0 Å². The van der Waals surface area contributed by atoms with E-state index in [0.717, 1.165) is 8.95 Å². The number of rotatable bonds is 2. The zero-order valence-corrected chi connectivity index (χ0v) is 69.6. The molecule has 556 valence electrons. The van der Waals surface area contributed by atoms with Gasteiger partial charge in [0.05, 0.1) is 22.1 Å². The van der Waals surface area contributed by atoms with Crippen LogP contribution in [-0.2, 0) is 7.05 Å². The van der Waals surface area contributed by atoms with Gasteiger partial charge in [0.2, 0.25) is 0 Å². The first-order valence-corrected chi connectivity index (χ1v) is 42.4. The summed E-state index contributed by atoms with van der Waals surface area (Å²) in [5.41, 5.74) is 9.97. The molecule has 0 aliphatic heterocycles. The van der Waals surface area contributed by atoms with Crippen LogP contribution in [0.2, 0.25) is 0 Å². The van der Waals surface area contributed by atoms with Gasteiger partial charge < -0.3 is 13.7 Å². The fourth-order valence-electron chi connectivity index (χ4n) is 18.3. The maximum atomic E-state index is 3.58. The minimum Gasteiger partial charge on any atom is -0.344 e. The monoisotopic (exact) mass is 1700 g/mol. The highest BCUT2D eigenvalue weighted by Gasteiger charge is 2.18. The first kappa shape index (κ1) is 76.2. The number of nitrogens with zero attached hydrogens (tertiary/aromatic N) is 3. The van der Waals surface area contributed by atoms with Crippen LogP contribution in [0.25, 0.3) is 206 Å². The summed E-state index contributed by atoms with van der Waals surface area (Å²) in [5, 5.41) is 39.4. The smallest absolute Gasteiger partial charge is 0.0541 e. The van der Waals surface area contributed by atoms with Gasteiger partial charge in [-0.05, 0) is 220 Å². The first-order valence-electron chi connectivity index (χ1n) is 39.3. The van der Waals surface area contributed by atoms with E-state index < -0.39 is 0 Å². The maximum absolute atomic E-state index is 3.58. The third kappa shape index (κ3) is 13.2. The van der Waals surface area contributed by atoms with Crippen LogP contribution in [0.3, 0.4) is 0 Å². The van der Waals surface area contributed by atoms with E-state index in [1.54, 1.807) is 0 Å². The largest absolute Gasteiger partial charge is 0.344 e. The number of fused-ring (bicyclic) bond motifs is 33. The first-order chi connectivity index (χ1) is 57.4. The van der Waals surface area contributed by atoms with Crippen molar-refractivity contribution in [3.05, 3.63) is 421 Å². The van der Waals surface area contributed by atoms with Gasteiger partial charge in [0.1, 0.15) is 0 Å². The molecule has 0 saturated carbocycles. The molecule has 0 fully saturated rings. The molecule has 0 aliphatic rings. The highest BCUT2D eigenvalue weighted by atomic mass is 79.9. The van der Waals surface area contributed by atoms with E-state index in [4.69, 9.17) is 0 Å². The van der Waals surface area contributed by atoms with Crippen LogP contribution in [0.1, 0.15) is 0 Å². The van der Waals surface area contributed by atoms with Crippen LogP contribution in [-0.4, -0.2) is 36.4 Å². The molecule has 0 atom stereocenters. The zero-order chi connectivity index (χ0) is 77.9. The molecule has 25 rings (SSSR count). The summed E-state index contributed by atoms with van der Waals surface area (Å²) in [6.07, 6.45) is 0. The number of aromatic nitrogens is 3. The molecule has 0 amide bonds. The van der Waals surface area contributed by atoms with Crippen molar-refractivity contribution in [2.45, 2.75) is 0 Å². The lowest BCUT2D eigenvalue weighted by Crippen LogP contribution is -1.94. The van der Waals surface area contributed by atoms with Gasteiger partial charge in [-0.15, -0.1) is 0 Å². The number of hydrogen-bond acceptors (Lipinski definition) is 0. The van der Waals surface area contributed by atoms with E-state index in [1.165, 1.54) is 206 Å². The molecule has 6 radical (unpaired) electrons. The quantitative estimate of drug-likeness (QED) is 0.0931. The molecule has 22 aromatic carbocycles. The Bertz CT molecular complexity index is 7480. The molecule has 8 heteroatoms. The Balaban J connectivity index is 0.000000104. The number of halogens is 3. The van der Waals surface area contributed by atoms with E-state index in [9.17, 15) is 0 Å². The van der Waals surface area contributed by atoms with Crippen molar-refractivity contribution in [1.82, 2.24) is 13.7 Å². The van der Waals surface area contributed by atoms with E-state index in [1.807, 2.05) is 5.83 Å². The van der Waals surface area contributed by atoms with Crippen molar-refractivity contribution < 1.29 is 0 Å². The van der Waals surface area contributed by atoms with Gasteiger partial charge in [-0.2, -0.15) is 0 Å². The maximum Gasteiger partial charge on any atom is 0.0541 e. The molecule has 0 unspecified atom stereocenters. The fourth-order valence-corrected chi connectivity index (χ4v) is 19.1. The molecule has 0 saturated heterocycles. The zero-order valence-electron chi connectivity index (χ0n) is 64.9. The number of hydrogen-bond donors (Lipinski definition) is 0. The Morgan fingerprint density at radius 2 is 0.297 bits per heavy atom. The second-order valence-electron chi connectivity index (χ2n) is 29.5. The van der Waals surface area contributed by atoms with E-state index in [-0.39, 0.29) is 16.8 Å². The molecule has 3 aromatic heterocycles. The van der Waals surface area contributed by atoms with Gasteiger partial charge in [0, 0.05) is 87.5 Å². The number of para-hydroxylation sites is 6. The SMILES string of the molecule is Brc1ccc2c3ccccc3c3ccccc3c2c1.Brc1ccc2c3ccccc3c3ccccc3c2c1.CBr.Cn1c2ccccc2c2ccccc21.[B].[B].c1ccc2c(c1)c1ccccc1c1cc(-n3c4ccccc4c4ccccc43)ccc21.c1ccc2c(c1)c1ccccc1c1cc(-n3c4ccccc4c4ccccc43)ccc21. The van der Waals surface area contributed by atoms with Crippen LogP contribution < -0.4 is 0 Å². The van der Waals surface area contributed by atoms with Crippen LogP contribution in [0, 0.1) is 0 Å². The minimum atomic E-state index is 0. The van der Waals surface area contributed by atoms with Gasteiger partial charge in [-0.3, -0.25) is 0 Å². The van der Waals surface area contributed by atoms with Crippen molar-refractivity contribution >= 4 is 259 Å². The summed E-state index contributed by atoms with van der Waals surface area (Å²) in [6.45, 7) is 0. The van der Waals surface area contributed by atoms with E-state index in [0.29, 0.717) is 0 Å². The summed E-state index contributed by atoms with van der Waals surface area (Å²) in [6, 6.07) is 148. The van der Waals surface area contributed by atoms with E-state index >= 15 is 0 Å². The summed E-state index contributed by atoms with van der Waals surface area (Å²) >= 11 is 10.1. The third-order valence-corrected chi connectivity index (χ3v) is 24.4. The van der Waals surface area contributed by atoms with Crippen molar-refractivity contribution in [3.8, 4) is 11.4 Å². The topological polar surface area (TPSA) is 14.8 Å². The predicted molar refractivity (Wildman–Crippen MR) is 527 cm³/mol. The van der Waals surface area contributed by atoms with Gasteiger partial charge in [-0.1, -0.05) is 375 Å². The van der Waals surface area contributed by atoms with Crippen LogP contribution in [0.15, 0.2) is 421 Å². The highest BCUT2D eigenvalue weighted by Crippen LogP contribution is 2.43. The van der Waals surface area contributed by atoms with Crippen molar-refractivity contribution in [3.63, 3.8) is 0 Å². The second kappa shape index (κ2) is 32.5. The second-order valence-corrected chi connectivity index (χ2v) is 31.4. The Morgan fingerprint density at radius 3 is 0.508 bits per heavy atom. The lowest BCUT2D eigenvalue weighted by molar-refractivity contribution is 1.01. The highest BCUT2D eigenvalue weighted by molar-refractivity contribution is 9.10. The van der Waals surface area contributed by atoms with Crippen LogP contribution >= 0.6 is 47.8 Å². The normalized spacial score (nSPS) is 11.3. The number of benzene rings is 22. The standard InChI is InChI=1S/2C30H19N.2C18H11Br.C13H11N.CH3Br.2B/c2*1-2-11-23-21(9-1)22-10-3-4-12-24(22)28-19-20(17-18-25(23)28)31-29-15-7-5-13-26(29)27-14-6-8-16-30(27)31;2*19-12-9-10-17-15-7-2-1-5-13(15)14-6-3-4-8-16(14)18(17)11-12;1-14-12-8-4-2-6-10(12)11-7-3-5-9-13(11)14;1-2;;/h2*1-19H;2*1-11H;2-9H,1H3;1H3;;. The predicted octanol–water partition coefficient (Wildman–Crippen LogP) is 31.9. The molecule has 25 aromatic rings. The number of aryl methyl sites for hydroxylation is 1. The average molecular weight is 1700 g/mol. The Hall–Kier alpha value is -13.1. The summed E-state index contributed by atoms with van der Waals surface area (Å²) in [7, 11) is 2.12. The minimum absolute atomic E-state index is 0. The summed E-state index contributed by atoms with van der Waals surface area (Å²) in [5.74, 6) is 1.81. The Morgan fingerprint density at radius 1 is 0.153 bits per heavy atom. The molecule has 3 nitrogen and oxygen atoms in total. The lowest BCUT2D eigenvalue weighted by atomic mass is 9.94. The molecule has 0 aliphatic carbocycles. The molecular formula is C110H74B2Br3N3. The lowest BCUT2D eigenvalue weighted by Gasteiger charge is -2.13. The molecule has 0 spiro atoms. The van der Waals surface area contributed by atoms with Crippen molar-refractivity contribution in [2.75, 3.05) is 5.83 Å². The fraction of sp³-hybridized carbons (Fsp3) is 0.0182. The summed E-state index contributed by atoms with van der Waals surface area (Å²) < 4.78 is 9.29. The average Bonchev–Trinajstić information content (AvgIpc) is 1.50. The van der Waals surface area contributed by atoms with Crippen LogP contribution in [0.4, 0.5) is 0 Å². The molecule has 0 N–H and O–H groups in total. The Kier molecular flexibility index (Phi) is 21.0. The van der Waals surface area contributed by atoms with Gasteiger partial charge in [-0.25, -0.2) is 0 Å². The van der Waals surface area contributed by atoms with Gasteiger partial charge in [0.15, 0.2) is 0 Å².